The van der Waals surface area contributed by atoms with E-state index in [9.17, 15) is 4.79 Å². The number of hydrogen-bond acceptors (Lipinski definition) is 3. The van der Waals surface area contributed by atoms with E-state index in [0.717, 1.165) is 0 Å². The first-order valence-electron chi connectivity index (χ1n) is 4.41. The van der Waals surface area contributed by atoms with Gasteiger partial charge in [-0.15, -0.1) is 0 Å². The summed E-state index contributed by atoms with van der Waals surface area (Å²) in [7, 11) is 0. The monoisotopic (exact) mass is 334 g/mol. The van der Waals surface area contributed by atoms with Crippen LogP contribution in [0.3, 0.4) is 0 Å². The Morgan fingerprint density at radius 3 is 2.73 bits per heavy atom. The molecule has 0 fully saturated rings. The molecule has 3 nitrogen and oxygen atoms in total. The highest BCUT2D eigenvalue weighted by Gasteiger charge is 2.23. The van der Waals surface area contributed by atoms with Crippen molar-refractivity contribution in [3.8, 4) is 11.5 Å². The predicted molar refractivity (Wildman–Crippen MR) is 63.4 cm³/mol. The number of carbonyl (C=O) groups is 1. The van der Waals surface area contributed by atoms with Crippen molar-refractivity contribution in [1.82, 2.24) is 0 Å². The number of carbonyl (C=O) groups excluding carboxylic acids is 1. The molecule has 0 unspecified atom stereocenters. The minimum Gasteiger partial charge on any atom is -0.486 e. The van der Waals surface area contributed by atoms with E-state index in [0.29, 0.717) is 30.3 Å². The maximum absolute atomic E-state index is 11.8. The van der Waals surface area contributed by atoms with E-state index in [1.54, 1.807) is 18.2 Å². The van der Waals surface area contributed by atoms with Gasteiger partial charge in [0.1, 0.15) is 17.0 Å². The highest BCUT2D eigenvalue weighted by molar-refractivity contribution is 9.25. The molecule has 15 heavy (non-hydrogen) atoms. The zero-order valence-electron chi connectivity index (χ0n) is 7.70. The van der Waals surface area contributed by atoms with Crippen LogP contribution in [0.5, 0.6) is 11.5 Å². The van der Waals surface area contributed by atoms with Gasteiger partial charge in [-0.2, -0.15) is 0 Å². The summed E-state index contributed by atoms with van der Waals surface area (Å²) < 4.78 is 10.4. The van der Waals surface area contributed by atoms with Crippen molar-refractivity contribution in [2.45, 2.75) is 3.74 Å². The summed E-state index contributed by atoms with van der Waals surface area (Å²) in [6.07, 6.45) is 0. The predicted octanol–water partition coefficient (Wildman–Crippen LogP) is 2.76. The summed E-state index contributed by atoms with van der Waals surface area (Å²) in [4.78, 5) is 11.8. The number of ether oxygens (including phenoxy) is 2. The summed E-state index contributed by atoms with van der Waals surface area (Å²) in [6, 6.07) is 5.30. The fourth-order valence-corrected chi connectivity index (χ4v) is 1.88. The maximum Gasteiger partial charge on any atom is 0.190 e. The molecule has 0 aliphatic carbocycles. The molecule has 0 radical (unpaired) electrons. The lowest BCUT2D eigenvalue weighted by Crippen LogP contribution is -2.19. The number of halogens is 2. The van der Waals surface area contributed by atoms with Gasteiger partial charge in [0.2, 0.25) is 0 Å². The van der Waals surface area contributed by atoms with Crippen LogP contribution in [-0.2, 0) is 0 Å². The zero-order valence-corrected chi connectivity index (χ0v) is 10.9. The van der Waals surface area contributed by atoms with Gasteiger partial charge in [0.15, 0.2) is 17.3 Å². The molecule has 80 valence electrons. The van der Waals surface area contributed by atoms with E-state index in [1.807, 2.05) is 0 Å². The molecule has 0 bridgehead atoms. The number of ketones is 1. The van der Waals surface area contributed by atoms with Crippen molar-refractivity contribution in [2.24, 2.45) is 0 Å². The largest absolute Gasteiger partial charge is 0.486 e. The number of para-hydroxylation sites is 1. The van der Waals surface area contributed by atoms with Gasteiger partial charge in [-0.1, -0.05) is 37.9 Å². The molecule has 1 aromatic rings. The maximum atomic E-state index is 11.8. The lowest BCUT2D eigenvalue weighted by Gasteiger charge is -2.20. The van der Waals surface area contributed by atoms with Crippen molar-refractivity contribution >= 4 is 37.6 Å². The lowest BCUT2D eigenvalue weighted by atomic mass is 10.1. The van der Waals surface area contributed by atoms with Crippen LogP contribution in [0.15, 0.2) is 18.2 Å². The quantitative estimate of drug-likeness (QED) is 0.616. The molecule has 0 saturated carbocycles. The molecule has 1 aliphatic heterocycles. The first-order chi connectivity index (χ1) is 7.20. The van der Waals surface area contributed by atoms with E-state index in [4.69, 9.17) is 9.47 Å². The van der Waals surface area contributed by atoms with Crippen LogP contribution in [0.25, 0.3) is 0 Å². The summed E-state index contributed by atoms with van der Waals surface area (Å²) in [6.45, 7) is 1.00. The first-order valence-corrected chi connectivity index (χ1v) is 6.24. The second-order valence-corrected chi connectivity index (χ2v) is 6.05. The van der Waals surface area contributed by atoms with Gasteiger partial charge in [0.25, 0.3) is 0 Å². The average molecular weight is 336 g/mol. The van der Waals surface area contributed by atoms with Crippen LogP contribution in [0.4, 0.5) is 0 Å². The second-order valence-electron chi connectivity index (χ2n) is 2.99. The molecule has 1 heterocycles. The van der Waals surface area contributed by atoms with Crippen molar-refractivity contribution < 1.29 is 14.3 Å². The third-order valence-electron chi connectivity index (χ3n) is 2.03. The van der Waals surface area contributed by atoms with Gasteiger partial charge in [-0.25, -0.2) is 0 Å². The van der Waals surface area contributed by atoms with Gasteiger partial charge < -0.3 is 9.47 Å². The molecule has 5 heteroatoms. The van der Waals surface area contributed by atoms with Gasteiger partial charge in [0, 0.05) is 0 Å². The Morgan fingerprint density at radius 1 is 1.27 bits per heavy atom. The molecular formula is C10H8Br2O3. The van der Waals surface area contributed by atoms with E-state index in [-0.39, 0.29) is 5.78 Å². The molecule has 0 saturated heterocycles. The van der Waals surface area contributed by atoms with Gasteiger partial charge in [-0.05, 0) is 12.1 Å². The molecule has 0 atom stereocenters. The SMILES string of the molecule is O=C(c1cccc2c1OCCO2)C(Br)Br. The van der Waals surface area contributed by atoms with Crippen LogP contribution < -0.4 is 9.47 Å². The number of benzene rings is 1. The molecule has 0 amide bonds. The van der Waals surface area contributed by atoms with Gasteiger partial charge >= 0.3 is 0 Å². The number of hydrogen-bond donors (Lipinski definition) is 0. The second kappa shape index (κ2) is 4.53. The third kappa shape index (κ3) is 2.18. The summed E-state index contributed by atoms with van der Waals surface area (Å²) in [5, 5.41) is 0. The highest BCUT2D eigenvalue weighted by atomic mass is 79.9. The van der Waals surface area contributed by atoms with Gasteiger partial charge in [0.05, 0.1) is 5.56 Å². The fraction of sp³-hybridized carbons (Fsp3) is 0.300. The number of fused-ring (bicyclic) bond motifs is 1. The number of rotatable bonds is 2. The first kappa shape index (κ1) is 11.0. The molecule has 1 aliphatic rings. The van der Waals surface area contributed by atoms with Crippen LogP contribution in [0.1, 0.15) is 10.4 Å². The van der Waals surface area contributed by atoms with E-state index in [1.165, 1.54) is 0 Å². The standard InChI is InChI=1S/C10H8Br2O3/c11-10(12)8(13)6-2-1-3-7-9(6)15-5-4-14-7/h1-3,10H,4-5H2. The summed E-state index contributed by atoms with van der Waals surface area (Å²) in [5.74, 6) is 1.10. The normalized spacial score (nSPS) is 14.1. The van der Waals surface area contributed by atoms with Crippen LogP contribution >= 0.6 is 31.9 Å². The molecule has 2 rings (SSSR count). The topological polar surface area (TPSA) is 35.5 Å². The highest BCUT2D eigenvalue weighted by Crippen LogP contribution is 2.35. The molecule has 0 spiro atoms. The Morgan fingerprint density at radius 2 is 2.00 bits per heavy atom. The zero-order chi connectivity index (χ0) is 10.8. The van der Waals surface area contributed by atoms with Crippen LogP contribution in [0.2, 0.25) is 0 Å². The number of alkyl halides is 2. The minimum atomic E-state index is -0.401. The average Bonchev–Trinajstić information content (AvgIpc) is 2.27. The molecule has 0 N–H and O–H groups in total. The molecule has 1 aromatic carbocycles. The van der Waals surface area contributed by atoms with E-state index in [2.05, 4.69) is 31.9 Å². The van der Waals surface area contributed by atoms with Crippen molar-refractivity contribution in [1.29, 1.82) is 0 Å². The molecular weight excluding hydrogens is 328 g/mol. The van der Waals surface area contributed by atoms with Crippen LogP contribution in [-0.4, -0.2) is 22.7 Å². The smallest absolute Gasteiger partial charge is 0.190 e. The lowest BCUT2D eigenvalue weighted by molar-refractivity contribution is 0.100. The van der Waals surface area contributed by atoms with Crippen molar-refractivity contribution in [2.75, 3.05) is 13.2 Å². The Hall–Kier alpha value is -0.550. The Balaban J connectivity index is 2.43. The van der Waals surface area contributed by atoms with Crippen molar-refractivity contribution in [3.05, 3.63) is 23.8 Å². The molecule has 0 aromatic heterocycles. The van der Waals surface area contributed by atoms with Crippen LogP contribution in [0, 0.1) is 0 Å². The Bertz CT molecular complexity index is 390. The number of Topliss-reactive ketones (excluding diaryl/α,β-unsaturated/α-hetero) is 1. The third-order valence-corrected chi connectivity index (χ3v) is 2.86. The van der Waals surface area contributed by atoms with Crippen molar-refractivity contribution in [3.63, 3.8) is 0 Å². The Labute approximate surface area is 104 Å². The van der Waals surface area contributed by atoms with Gasteiger partial charge in [-0.3, -0.25) is 4.79 Å². The Kier molecular flexibility index (Phi) is 3.31. The fourth-order valence-electron chi connectivity index (χ4n) is 1.39. The van der Waals surface area contributed by atoms with E-state index >= 15 is 0 Å². The van der Waals surface area contributed by atoms with E-state index < -0.39 is 3.74 Å². The minimum absolute atomic E-state index is 0.0719. The summed E-state index contributed by atoms with van der Waals surface area (Å²) in [5.41, 5.74) is 0.533. The summed E-state index contributed by atoms with van der Waals surface area (Å²) >= 11 is 6.35.